The van der Waals surface area contributed by atoms with Crippen LogP contribution in [-0.2, 0) is 0 Å². The molecule has 4 nitrogen and oxygen atoms in total. The quantitative estimate of drug-likeness (QED) is 0.277. The van der Waals surface area contributed by atoms with Gasteiger partial charge in [-0.3, -0.25) is 0 Å². The van der Waals surface area contributed by atoms with Crippen LogP contribution in [0.15, 0.2) is 119 Å². The van der Waals surface area contributed by atoms with Crippen molar-refractivity contribution in [2.45, 2.75) is 9.79 Å². The van der Waals surface area contributed by atoms with Crippen molar-refractivity contribution in [3.63, 3.8) is 0 Å². The van der Waals surface area contributed by atoms with E-state index in [1.54, 1.807) is 4.80 Å². The zero-order valence-electron chi connectivity index (χ0n) is 17.6. The second-order valence-electron chi connectivity index (χ2n) is 8.01. The van der Waals surface area contributed by atoms with Gasteiger partial charge in [0.15, 0.2) is 0 Å². The van der Waals surface area contributed by atoms with Crippen molar-refractivity contribution in [1.82, 2.24) is 15.0 Å². The largest absolute Gasteiger partial charge is 0.308 e. The Morgan fingerprint density at radius 1 is 0.545 bits per heavy atom. The summed E-state index contributed by atoms with van der Waals surface area (Å²) >= 11 is 1.82. The number of para-hydroxylation sites is 3. The van der Waals surface area contributed by atoms with Crippen molar-refractivity contribution in [2.75, 3.05) is 4.90 Å². The molecule has 0 saturated carbocycles. The summed E-state index contributed by atoms with van der Waals surface area (Å²) < 4.78 is 0. The minimum Gasteiger partial charge on any atom is -0.308 e. The van der Waals surface area contributed by atoms with Gasteiger partial charge in [0.05, 0.1) is 22.7 Å². The third kappa shape index (κ3) is 2.86. The molecule has 0 saturated heterocycles. The van der Waals surface area contributed by atoms with E-state index in [1.807, 2.05) is 42.1 Å². The smallest absolute Gasteiger partial charge is 0.121 e. The molecule has 1 aliphatic heterocycles. The van der Waals surface area contributed by atoms with E-state index in [-0.39, 0.29) is 0 Å². The van der Waals surface area contributed by atoms with E-state index >= 15 is 0 Å². The van der Waals surface area contributed by atoms with Gasteiger partial charge in [0.1, 0.15) is 11.0 Å². The van der Waals surface area contributed by atoms with Gasteiger partial charge < -0.3 is 4.90 Å². The summed E-state index contributed by atoms with van der Waals surface area (Å²) in [6.45, 7) is 0. The summed E-state index contributed by atoms with van der Waals surface area (Å²) in [4.78, 5) is 6.58. The minimum atomic E-state index is 0.876. The summed E-state index contributed by atoms with van der Waals surface area (Å²) in [6, 6.07) is 37.9. The molecule has 0 radical (unpaired) electrons. The van der Waals surface area contributed by atoms with Gasteiger partial charge in [0, 0.05) is 20.6 Å². The highest BCUT2D eigenvalue weighted by atomic mass is 32.2. The zero-order chi connectivity index (χ0) is 21.8. The Morgan fingerprint density at radius 3 is 1.88 bits per heavy atom. The fourth-order valence-electron chi connectivity index (χ4n) is 4.55. The Morgan fingerprint density at radius 2 is 1.15 bits per heavy atom. The van der Waals surface area contributed by atoms with Gasteiger partial charge in [0.2, 0.25) is 0 Å². The van der Waals surface area contributed by atoms with E-state index in [0.29, 0.717) is 0 Å². The van der Waals surface area contributed by atoms with Gasteiger partial charge in [-0.15, -0.1) is 10.2 Å². The summed E-state index contributed by atoms with van der Waals surface area (Å²) in [7, 11) is 0. The van der Waals surface area contributed by atoms with Crippen molar-refractivity contribution in [3.05, 3.63) is 109 Å². The molecule has 0 unspecified atom stereocenters. The number of nitrogens with zero attached hydrogens (tertiary/aromatic N) is 4. The highest BCUT2D eigenvalue weighted by molar-refractivity contribution is 7.99. The third-order valence-corrected chi connectivity index (χ3v) is 7.16. The van der Waals surface area contributed by atoms with Crippen LogP contribution >= 0.6 is 11.8 Å². The number of fused-ring (bicyclic) bond motifs is 5. The van der Waals surface area contributed by atoms with Crippen LogP contribution < -0.4 is 4.90 Å². The van der Waals surface area contributed by atoms with E-state index in [2.05, 4.69) is 83.8 Å². The number of anilines is 3. The molecule has 33 heavy (non-hydrogen) atoms. The minimum absolute atomic E-state index is 0.876. The second kappa shape index (κ2) is 7.22. The zero-order valence-corrected chi connectivity index (χ0v) is 18.4. The van der Waals surface area contributed by atoms with Crippen LogP contribution in [0.4, 0.5) is 17.1 Å². The highest BCUT2D eigenvalue weighted by Crippen LogP contribution is 2.52. The topological polar surface area (TPSA) is 34.0 Å². The highest BCUT2D eigenvalue weighted by Gasteiger charge is 2.26. The molecule has 0 fully saturated rings. The van der Waals surface area contributed by atoms with E-state index in [1.165, 1.54) is 21.2 Å². The number of aromatic nitrogens is 3. The molecule has 0 atom stereocenters. The molecule has 0 spiro atoms. The molecule has 1 aromatic heterocycles. The lowest BCUT2D eigenvalue weighted by atomic mass is 10.0. The SMILES string of the molecule is c1ccc(-n2nc3cc(N4c5ccccc5Sc5ccccc54)c4ccccc4c3n2)cc1. The maximum Gasteiger partial charge on any atom is 0.121 e. The average Bonchev–Trinajstić information content (AvgIpc) is 3.32. The van der Waals surface area contributed by atoms with Gasteiger partial charge in [-0.05, 0) is 42.5 Å². The Balaban J connectivity index is 1.54. The van der Waals surface area contributed by atoms with Gasteiger partial charge in [0.25, 0.3) is 0 Å². The Bertz CT molecular complexity index is 1610. The van der Waals surface area contributed by atoms with Crippen LogP contribution in [0.25, 0.3) is 27.5 Å². The first kappa shape index (κ1) is 18.5. The van der Waals surface area contributed by atoms with E-state index in [0.717, 1.165) is 33.2 Å². The standard InChI is InChI=1S/C28H18N4S/c1-2-10-19(11-3-1)32-29-22-18-25(20-12-4-5-13-21(20)28(22)30-32)31-23-14-6-8-16-26(23)33-27-17-9-7-15-24(27)31/h1-18H. The monoisotopic (exact) mass is 442 g/mol. The van der Waals surface area contributed by atoms with Crippen LogP contribution in [0.5, 0.6) is 0 Å². The lowest BCUT2D eigenvalue weighted by molar-refractivity contribution is 0.766. The Labute approximate surface area is 195 Å². The van der Waals surface area contributed by atoms with E-state index < -0.39 is 0 Å². The predicted octanol–water partition coefficient (Wildman–Crippen LogP) is 7.51. The van der Waals surface area contributed by atoms with Crippen molar-refractivity contribution < 1.29 is 0 Å². The second-order valence-corrected chi connectivity index (χ2v) is 9.09. The molecule has 0 bridgehead atoms. The van der Waals surface area contributed by atoms with E-state index in [4.69, 9.17) is 10.2 Å². The molecular formula is C28H18N4S. The Hall–Kier alpha value is -4.09. The molecule has 0 N–H and O–H groups in total. The molecule has 6 aromatic rings. The molecule has 0 aliphatic carbocycles. The molecule has 7 rings (SSSR count). The molecule has 1 aliphatic rings. The van der Waals surface area contributed by atoms with Gasteiger partial charge in [-0.2, -0.15) is 4.80 Å². The Kier molecular flexibility index (Phi) is 4.04. The van der Waals surface area contributed by atoms with Gasteiger partial charge in [-0.1, -0.05) is 78.5 Å². The fraction of sp³-hybridized carbons (Fsp3) is 0. The number of benzene rings is 5. The third-order valence-electron chi connectivity index (χ3n) is 6.03. The summed E-state index contributed by atoms with van der Waals surface area (Å²) in [5.74, 6) is 0. The maximum atomic E-state index is 4.87. The van der Waals surface area contributed by atoms with Crippen molar-refractivity contribution in [3.8, 4) is 5.69 Å². The predicted molar refractivity (Wildman–Crippen MR) is 135 cm³/mol. The first-order valence-corrected chi connectivity index (χ1v) is 11.7. The lowest BCUT2D eigenvalue weighted by Crippen LogP contribution is -2.15. The maximum absolute atomic E-state index is 4.87. The molecular weight excluding hydrogens is 424 g/mol. The van der Waals surface area contributed by atoms with Crippen LogP contribution in [-0.4, -0.2) is 15.0 Å². The number of hydrogen-bond acceptors (Lipinski definition) is 4. The summed E-state index contributed by atoms with van der Waals surface area (Å²) in [5, 5.41) is 12.0. The van der Waals surface area contributed by atoms with Gasteiger partial charge in [-0.25, -0.2) is 0 Å². The van der Waals surface area contributed by atoms with Crippen molar-refractivity contribution >= 4 is 50.6 Å². The number of hydrogen-bond donors (Lipinski definition) is 0. The first-order valence-electron chi connectivity index (χ1n) is 10.9. The summed E-state index contributed by atoms with van der Waals surface area (Å²) in [6.07, 6.45) is 0. The summed E-state index contributed by atoms with van der Waals surface area (Å²) in [5.41, 5.74) is 6.21. The lowest BCUT2D eigenvalue weighted by Gasteiger charge is -2.33. The fourth-order valence-corrected chi connectivity index (χ4v) is 5.61. The van der Waals surface area contributed by atoms with Crippen LogP contribution in [0, 0.1) is 0 Å². The van der Waals surface area contributed by atoms with Crippen LogP contribution in [0.2, 0.25) is 0 Å². The van der Waals surface area contributed by atoms with E-state index in [9.17, 15) is 0 Å². The van der Waals surface area contributed by atoms with Crippen molar-refractivity contribution in [2.24, 2.45) is 0 Å². The molecule has 0 amide bonds. The molecule has 5 aromatic carbocycles. The molecule has 156 valence electrons. The normalized spacial score (nSPS) is 12.7. The van der Waals surface area contributed by atoms with Crippen LogP contribution in [0.1, 0.15) is 0 Å². The number of rotatable bonds is 2. The molecule has 2 heterocycles. The van der Waals surface area contributed by atoms with Crippen LogP contribution in [0.3, 0.4) is 0 Å². The molecule has 5 heteroatoms. The average molecular weight is 443 g/mol. The first-order chi connectivity index (χ1) is 16.4. The van der Waals surface area contributed by atoms with Crippen molar-refractivity contribution in [1.29, 1.82) is 0 Å². The van der Waals surface area contributed by atoms with Gasteiger partial charge >= 0.3 is 0 Å².